The van der Waals surface area contributed by atoms with Crippen molar-refractivity contribution in [3.05, 3.63) is 59.2 Å². The predicted molar refractivity (Wildman–Crippen MR) is 97.1 cm³/mol. The van der Waals surface area contributed by atoms with Crippen LogP contribution in [-0.4, -0.2) is 17.2 Å². The van der Waals surface area contributed by atoms with Crippen LogP contribution in [0.25, 0.3) is 10.9 Å². The highest BCUT2D eigenvalue weighted by atomic mass is 19.4. The zero-order valence-electron chi connectivity index (χ0n) is 15.6. The number of carbonyl (C=O) groups excluding carboxylic acids is 1. The minimum absolute atomic E-state index is 0.124. The summed E-state index contributed by atoms with van der Waals surface area (Å²) in [5.41, 5.74) is -1.69. The molecule has 3 rings (SSSR count). The lowest BCUT2D eigenvalue weighted by molar-refractivity contribution is -0.143. The molecule has 1 N–H and O–H groups in total. The third-order valence-electron chi connectivity index (χ3n) is 3.91. The van der Waals surface area contributed by atoms with Crippen LogP contribution in [0.4, 0.5) is 32.0 Å². The van der Waals surface area contributed by atoms with Crippen molar-refractivity contribution in [2.45, 2.75) is 25.9 Å². The molecule has 2 aromatic heterocycles. The molecule has 0 fully saturated rings. The Morgan fingerprint density at radius 3 is 2.55 bits per heavy atom. The number of aromatic nitrogens is 1. The summed E-state index contributed by atoms with van der Waals surface area (Å²) in [7, 11) is 0. The molecule has 1 aromatic carbocycles. The van der Waals surface area contributed by atoms with Crippen LogP contribution in [0.15, 0.2) is 45.9 Å². The van der Waals surface area contributed by atoms with Crippen LogP contribution in [-0.2, 0) is 28.5 Å². The van der Waals surface area contributed by atoms with E-state index in [1.807, 2.05) is 0 Å². The van der Waals surface area contributed by atoms with Gasteiger partial charge in [0.2, 0.25) is 0 Å². The predicted octanol–water partition coefficient (Wildman–Crippen LogP) is 5.37. The molecule has 2 heterocycles. The topological polar surface area (TPSA) is 76.7 Å². The Balaban J connectivity index is 1.94. The molecule has 0 aliphatic carbocycles. The number of para-hydroxylation sites is 1. The number of fused-ring (bicyclic) bond motifs is 1. The Hall–Kier alpha value is -3.57. The summed E-state index contributed by atoms with van der Waals surface area (Å²) in [5.74, 6) is -0.0585. The second-order valence-electron chi connectivity index (χ2n) is 6.21. The lowest BCUT2D eigenvalue weighted by atomic mass is 10.1. The van der Waals surface area contributed by atoms with Crippen LogP contribution in [0, 0.1) is 0 Å². The first kappa shape index (κ1) is 22.1. The lowest BCUT2D eigenvalue weighted by Gasteiger charge is -2.15. The summed E-state index contributed by atoms with van der Waals surface area (Å²) < 4.78 is 89.3. The van der Waals surface area contributed by atoms with Gasteiger partial charge in [0, 0.05) is 12.3 Å². The molecule has 164 valence electrons. The number of hydrogen-bond acceptors (Lipinski definition) is 6. The maximum absolute atomic E-state index is 13.3. The number of alkyl halides is 6. The monoisotopic (exact) mass is 445 g/mol. The van der Waals surface area contributed by atoms with Crippen molar-refractivity contribution in [1.29, 1.82) is 0 Å². The first-order valence-electron chi connectivity index (χ1n) is 8.54. The summed E-state index contributed by atoms with van der Waals surface area (Å²) in [6.45, 7) is 1.09. The molecule has 0 spiro atoms. The van der Waals surface area contributed by atoms with Gasteiger partial charge in [0.25, 0.3) is 0 Å². The molecule has 0 amide bonds. The van der Waals surface area contributed by atoms with Crippen LogP contribution in [0.2, 0.25) is 0 Å². The van der Waals surface area contributed by atoms with Gasteiger partial charge < -0.3 is 9.15 Å². The number of carbonyl (C=O) groups is 1. The minimum atomic E-state index is -4.97. The number of hydrazone groups is 1. The summed E-state index contributed by atoms with van der Waals surface area (Å²) in [6.07, 6.45) is -8.77. The second kappa shape index (κ2) is 8.28. The average Bonchev–Trinajstić information content (AvgIpc) is 3.12. The van der Waals surface area contributed by atoms with E-state index in [-0.39, 0.29) is 23.4 Å². The Bertz CT molecular complexity index is 1140. The van der Waals surface area contributed by atoms with Crippen molar-refractivity contribution in [1.82, 2.24) is 4.98 Å². The number of hydrogen-bond donors (Lipinski definition) is 1. The summed E-state index contributed by atoms with van der Waals surface area (Å²) in [6, 6.07) is 6.41. The van der Waals surface area contributed by atoms with Crippen LogP contribution < -0.4 is 5.43 Å². The number of nitrogens with zero attached hydrogens (tertiary/aromatic N) is 2. The molecule has 0 unspecified atom stereocenters. The molecular formula is C19H13F6N3O3. The van der Waals surface area contributed by atoms with E-state index in [1.54, 1.807) is 0 Å². The molecule has 0 radical (unpaired) electrons. The molecule has 31 heavy (non-hydrogen) atoms. The number of pyridine rings is 1. The standard InChI is InChI=1S/C19H13F6N3O3/c1-10(29)30-9-12-6-5-11(31-12)8-26-28-15-7-16(19(23,24)25)27-17-13(15)3-2-4-14(17)18(20,21)22/h2-8H,9H2,1H3,(H,27,28)/b26-8+. The maximum Gasteiger partial charge on any atom is 0.433 e. The number of anilines is 1. The van der Waals surface area contributed by atoms with E-state index in [9.17, 15) is 31.1 Å². The number of benzene rings is 1. The summed E-state index contributed by atoms with van der Waals surface area (Å²) in [4.78, 5) is 14.0. The molecule has 0 aliphatic heterocycles. The molecule has 0 saturated carbocycles. The van der Waals surface area contributed by atoms with Gasteiger partial charge in [-0.05, 0) is 24.3 Å². The lowest BCUT2D eigenvalue weighted by Crippen LogP contribution is -2.12. The SMILES string of the molecule is CC(=O)OCc1ccc(/C=N/Nc2cc(C(F)(F)F)nc3c(C(F)(F)F)cccc23)o1. The van der Waals surface area contributed by atoms with Gasteiger partial charge in [-0.25, -0.2) is 4.98 Å². The zero-order chi connectivity index (χ0) is 22.8. The zero-order valence-corrected chi connectivity index (χ0v) is 15.6. The van der Waals surface area contributed by atoms with Crippen molar-refractivity contribution in [3.63, 3.8) is 0 Å². The van der Waals surface area contributed by atoms with Crippen LogP contribution in [0.3, 0.4) is 0 Å². The third-order valence-corrected chi connectivity index (χ3v) is 3.91. The van der Waals surface area contributed by atoms with Crippen molar-refractivity contribution in [2.75, 3.05) is 5.43 Å². The third kappa shape index (κ3) is 5.32. The van der Waals surface area contributed by atoms with Crippen molar-refractivity contribution < 1.29 is 40.3 Å². The molecule has 3 aromatic rings. The molecular weight excluding hydrogens is 432 g/mol. The number of rotatable bonds is 5. The van der Waals surface area contributed by atoms with Gasteiger partial charge in [0.15, 0.2) is 0 Å². The van der Waals surface area contributed by atoms with Crippen LogP contribution in [0.5, 0.6) is 0 Å². The van der Waals surface area contributed by atoms with E-state index >= 15 is 0 Å². The quantitative estimate of drug-likeness (QED) is 0.247. The fourth-order valence-electron chi connectivity index (χ4n) is 2.59. The molecule has 12 heteroatoms. The van der Waals surface area contributed by atoms with Gasteiger partial charge in [0.05, 0.1) is 23.0 Å². The number of halogens is 6. The van der Waals surface area contributed by atoms with Crippen LogP contribution >= 0.6 is 0 Å². The molecule has 0 atom stereocenters. The molecule has 0 aliphatic rings. The van der Waals surface area contributed by atoms with Crippen molar-refractivity contribution in [3.8, 4) is 0 Å². The van der Waals surface area contributed by atoms with Gasteiger partial charge >= 0.3 is 18.3 Å². The van der Waals surface area contributed by atoms with E-state index in [4.69, 9.17) is 9.15 Å². The van der Waals surface area contributed by atoms with Gasteiger partial charge in [-0.15, -0.1) is 0 Å². The Labute approximate surface area is 170 Å². The van der Waals surface area contributed by atoms with Crippen molar-refractivity contribution in [2.24, 2.45) is 5.10 Å². The number of esters is 1. The number of ether oxygens (including phenoxy) is 1. The number of furan rings is 1. The Morgan fingerprint density at radius 1 is 1.16 bits per heavy atom. The highest BCUT2D eigenvalue weighted by Gasteiger charge is 2.37. The molecule has 6 nitrogen and oxygen atoms in total. The normalized spacial score (nSPS) is 12.5. The van der Waals surface area contributed by atoms with Gasteiger partial charge in [-0.2, -0.15) is 31.4 Å². The fraction of sp³-hybridized carbons (Fsp3) is 0.211. The average molecular weight is 445 g/mol. The highest BCUT2D eigenvalue weighted by Crippen LogP contribution is 2.39. The van der Waals surface area contributed by atoms with E-state index in [2.05, 4.69) is 15.5 Å². The summed E-state index contributed by atoms with van der Waals surface area (Å²) >= 11 is 0. The molecule has 0 bridgehead atoms. The van der Waals surface area contributed by atoms with Gasteiger partial charge in [-0.3, -0.25) is 10.2 Å². The first-order chi connectivity index (χ1) is 14.4. The largest absolute Gasteiger partial charge is 0.458 e. The maximum atomic E-state index is 13.3. The fourth-order valence-corrected chi connectivity index (χ4v) is 2.59. The molecule has 0 saturated heterocycles. The second-order valence-corrected chi connectivity index (χ2v) is 6.21. The Morgan fingerprint density at radius 2 is 1.90 bits per heavy atom. The van der Waals surface area contributed by atoms with E-state index in [1.165, 1.54) is 25.1 Å². The van der Waals surface area contributed by atoms with Crippen molar-refractivity contribution >= 4 is 28.8 Å². The minimum Gasteiger partial charge on any atom is -0.458 e. The summed E-state index contributed by atoms with van der Waals surface area (Å²) in [5, 5.41) is 3.53. The van der Waals surface area contributed by atoms with Gasteiger partial charge in [0.1, 0.15) is 23.8 Å². The first-order valence-corrected chi connectivity index (χ1v) is 8.54. The van der Waals surface area contributed by atoms with E-state index in [0.29, 0.717) is 17.9 Å². The highest BCUT2D eigenvalue weighted by molar-refractivity contribution is 5.94. The van der Waals surface area contributed by atoms with Gasteiger partial charge in [-0.1, -0.05) is 12.1 Å². The number of nitrogens with one attached hydrogen (secondary N) is 1. The van der Waals surface area contributed by atoms with Crippen LogP contribution in [0.1, 0.15) is 29.7 Å². The van der Waals surface area contributed by atoms with E-state index in [0.717, 1.165) is 12.3 Å². The van der Waals surface area contributed by atoms with E-state index < -0.39 is 35.1 Å². The Kier molecular flexibility index (Phi) is 5.91. The smallest absolute Gasteiger partial charge is 0.433 e.